The molecule has 3 rings (SSSR count). The maximum atomic E-state index is 13.2. The van der Waals surface area contributed by atoms with Crippen LogP contribution in [-0.2, 0) is 4.79 Å². The summed E-state index contributed by atoms with van der Waals surface area (Å²) in [4.78, 5) is 12.5. The molecule has 2 aromatic carbocycles. The molecule has 1 aliphatic rings. The largest absolute Gasteiger partial charge is 0.280 e. The minimum absolute atomic E-state index is 0.206. The summed E-state index contributed by atoms with van der Waals surface area (Å²) in [5.41, 5.74) is 2.45. The molecule has 0 saturated carbocycles. The Balaban J connectivity index is 1.96. The van der Waals surface area contributed by atoms with E-state index in [0.29, 0.717) is 22.5 Å². The van der Waals surface area contributed by atoms with Gasteiger partial charge in [-0.05, 0) is 42.8 Å². The number of para-hydroxylation sites is 1. The molecule has 0 N–H and O–H groups in total. The molecule has 1 aliphatic heterocycles. The highest BCUT2D eigenvalue weighted by atomic mass is 19.1. The molecule has 2 aromatic rings. The molecule has 0 atom stereocenters. The Morgan fingerprint density at radius 3 is 2.57 bits per heavy atom. The second-order valence-electron chi connectivity index (χ2n) is 4.75. The summed E-state index contributed by atoms with van der Waals surface area (Å²) in [7, 11) is 0. The molecule has 0 spiro atoms. The average Bonchev–Trinajstić information content (AvgIpc) is 2.76. The van der Waals surface area contributed by atoms with E-state index in [4.69, 9.17) is 0 Å². The number of benzene rings is 2. The van der Waals surface area contributed by atoms with Crippen LogP contribution in [0.4, 0.5) is 10.1 Å². The first-order valence-electron chi connectivity index (χ1n) is 6.57. The number of amides is 1. The predicted molar refractivity (Wildman–Crippen MR) is 81.4 cm³/mol. The Morgan fingerprint density at radius 2 is 1.86 bits per heavy atom. The number of carbonyl (C=O) groups is 1. The van der Waals surface area contributed by atoms with Gasteiger partial charge in [0, 0.05) is 0 Å². The second-order valence-corrected chi connectivity index (χ2v) is 4.75. The summed E-state index contributed by atoms with van der Waals surface area (Å²) < 4.78 is 13.2. The van der Waals surface area contributed by atoms with Gasteiger partial charge >= 0.3 is 0 Å². The van der Waals surface area contributed by atoms with Crippen LogP contribution in [0.1, 0.15) is 12.5 Å². The van der Waals surface area contributed by atoms with Crippen molar-refractivity contribution >= 4 is 23.4 Å². The van der Waals surface area contributed by atoms with E-state index in [1.54, 1.807) is 25.1 Å². The minimum atomic E-state index is -0.329. The fourth-order valence-electron chi connectivity index (χ4n) is 2.19. The zero-order valence-electron chi connectivity index (χ0n) is 11.5. The van der Waals surface area contributed by atoms with Crippen molar-refractivity contribution in [1.29, 1.82) is 0 Å². The van der Waals surface area contributed by atoms with Crippen LogP contribution in [-0.4, -0.2) is 11.6 Å². The van der Waals surface area contributed by atoms with E-state index < -0.39 is 0 Å². The number of hydrogen-bond donors (Lipinski definition) is 0. The van der Waals surface area contributed by atoms with E-state index in [1.807, 2.05) is 30.3 Å². The van der Waals surface area contributed by atoms with E-state index in [1.165, 1.54) is 17.1 Å². The molecule has 21 heavy (non-hydrogen) atoms. The van der Waals surface area contributed by atoms with Crippen LogP contribution in [0.15, 0.2) is 65.3 Å². The van der Waals surface area contributed by atoms with Crippen LogP contribution >= 0.6 is 0 Å². The molecule has 3 nitrogen and oxygen atoms in total. The van der Waals surface area contributed by atoms with Crippen molar-refractivity contribution in [2.45, 2.75) is 6.92 Å². The normalized spacial score (nSPS) is 16.5. The summed E-state index contributed by atoms with van der Waals surface area (Å²) in [6.07, 6.45) is 1.66. The lowest BCUT2D eigenvalue weighted by Crippen LogP contribution is -2.21. The van der Waals surface area contributed by atoms with Gasteiger partial charge in [-0.15, -0.1) is 0 Å². The first kappa shape index (κ1) is 13.2. The molecule has 0 fully saturated rings. The van der Waals surface area contributed by atoms with Crippen molar-refractivity contribution in [2.75, 3.05) is 5.01 Å². The number of halogens is 1. The van der Waals surface area contributed by atoms with Crippen molar-refractivity contribution in [1.82, 2.24) is 0 Å². The molecule has 0 bridgehead atoms. The lowest BCUT2D eigenvalue weighted by atomic mass is 10.1. The quantitative estimate of drug-likeness (QED) is 0.773. The highest BCUT2D eigenvalue weighted by Crippen LogP contribution is 2.24. The topological polar surface area (TPSA) is 32.7 Å². The second kappa shape index (κ2) is 5.32. The number of nitrogens with zero attached hydrogens (tertiary/aromatic N) is 2. The zero-order valence-corrected chi connectivity index (χ0v) is 11.5. The maximum Gasteiger partial charge on any atom is 0.280 e. The Kier molecular flexibility index (Phi) is 3.36. The smallest absolute Gasteiger partial charge is 0.267 e. The van der Waals surface area contributed by atoms with Crippen LogP contribution in [0, 0.1) is 5.82 Å². The highest BCUT2D eigenvalue weighted by molar-refractivity contribution is 6.32. The number of hydrazone groups is 1. The Labute approximate surface area is 122 Å². The fraction of sp³-hybridized carbons (Fsp3) is 0.0588. The first-order chi connectivity index (χ1) is 10.1. The molecular weight excluding hydrogens is 267 g/mol. The molecule has 1 heterocycles. The first-order valence-corrected chi connectivity index (χ1v) is 6.57. The van der Waals surface area contributed by atoms with E-state index in [0.717, 1.165) is 0 Å². The van der Waals surface area contributed by atoms with E-state index >= 15 is 0 Å². The fourth-order valence-corrected chi connectivity index (χ4v) is 2.19. The Bertz CT molecular complexity index is 750. The van der Waals surface area contributed by atoms with Gasteiger partial charge in [0.1, 0.15) is 5.82 Å². The maximum absolute atomic E-state index is 13.2. The van der Waals surface area contributed by atoms with Crippen molar-refractivity contribution in [3.8, 4) is 0 Å². The summed E-state index contributed by atoms with van der Waals surface area (Å²) >= 11 is 0. The van der Waals surface area contributed by atoms with Gasteiger partial charge in [0.05, 0.1) is 17.0 Å². The third-order valence-corrected chi connectivity index (χ3v) is 3.22. The zero-order chi connectivity index (χ0) is 14.8. The van der Waals surface area contributed by atoms with E-state index in [-0.39, 0.29) is 11.7 Å². The van der Waals surface area contributed by atoms with E-state index in [2.05, 4.69) is 5.10 Å². The van der Waals surface area contributed by atoms with Crippen LogP contribution in [0.2, 0.25) is 0 Å². The number of carbonyl (C=O) groups excluding carboxylic acids is 1. The lowest BCUT2D eigenvalue weighted by molar-refractivity contribution is -0.114. The van der Waals surface area contributed by atoms with Gasteiger partial charge in [-0.25, -0.2) is 4.39 Å². The molecular formula is C17H13FN2O. The van der Waals surface area contributed by atoms with Crippen molar-refractivity contribution in [2.24, 2.45) is 5.10 Å². The van der Waals surface area contributed by atoms with Gasteiger partial charge in [-0.1, -0.05) is 30.3 Å². The van der Waals surface area contributed by atoms with Crippen LogP contribution < -0.4 is 5.01 Å². The summed E-state index contributed by atoms with van der Waals surface area (Å²) in [6.45, 7) is 1.77. The third-order valence-electron chi connectivity index (χ3n) is 3.22. The van der Waals surface area contributed by atoms with Crippen LogP contribution in [0.3, 0.4) is 0 Å². The molecule has 0 aromatic heterocycles. The number of rotatable bonds is 2. The summed E-state index contributed by atoms with van der Waals surface area (Å²) in [5, 5.41) is 5.64. The van der Waals surface area contributed by atoms with Gasteiger partial charge < -0.3 is 0 Å². The van der Waals surface area contributed by atoms with Crippen molar-refractivity contribution in [3.05, 3.63) is 71.6 Å². The Morgan fingerprint density at radius 1 is 1.10 bits per heavy atom. The van der Waals surface area contributed by atoms with Crippen molar-refractivity contribution in [3.63, 3.8) is 0 Å². The number of anilines is 1. The lowest BCUT2D eigenvalue weighted by Gasteiger charge is -2.10. The minimum Gasteiger partial charge on any atom is -0.267 e. The van der Waals surface area contributed by atoms with Crippen LogP contribution in [0.5, 0.6) is 0 Å². The molecule has 4 heteroatoms. The predicted octanol–water partition coefficient (Wildman–Crippen LogP) is 3.63. The molecule has 0 saturated heterocycles. The molecule has 0 aliphatic carbocycles. The van der Waals surface area contributed by atoms with Gasteiger partial charge in [0.2, 0.25) is 0 Å². The standard InChI is InChI=1S/C17H13FN2O/c1-12-16(11-13-6-5-7-14(18)10-13)17(21)20(19-12)15-8-3-2-4-9-15/h2-11H,1H3/b16-11+. The third kappa shape index (κ3) is 2.60. The SMILES string of the molecule is CC1=NN(c2ccccc2)C(=O)/C1=C/c1cccc(F)c1. The number of hydrogen-bond acceptors (Lipinski definition) is 2. The highest BCUT2D eigenvalue weighted by Gasteiger charge is 2.28. The molecule has 1 amide bonds. The molecule has 0 unspecified atom stereocenters. The van der Waals surface area contributed by atoms with Gasteiger partial charge in [-0.3, -0.25) is 4.79 Å². The Hall–Kier alpha value is -2.75. The van der Waals surface area contributed by atoms with Gasteiger partial charge in [0.25, 0.3) is 5.91 Å². The van der Waals surface area contributed by atoms with Gasteiger partial charge in [0.15, 0.2) is 0 Å². The van der Waals surface area contributed by atoms with Crippen molar-refractivity contribution < 1.29 is 9.18 Å². The molecule has 0 radical (unpaired) electrons. The monoisotopic (exact) mass is 280 g/mol. The van der Waals surface area contributed by atoms with Gasteiger partial charge in [-0.2, -0.15) is 10.1 Å². The van der Waals surface area contributed by atoms with E-state index in [9.17, 15) is 9.18 Å². The average molecular weight is 280 g/mol. The summed E-state index contributed by atoms with van der Waals surface area (Å²) in [6, 6.07) is 15.3. The summed E-state index contributed by atoms with van der Waals surface area (Å²) in [5.74, 6) is -0.535. The molecule has 104 valence electrons. The van der Waals surface area contributed by atoms with Crippen LogP contribution in [0.25, 0.3) is 6.08 Å².